The predicted molar refractivity (Wildman–Crippen MR) is 145 cm³/mol. The average Bonchev–Trinajstić information content (AvgIpc) is 3.30. The van der Waals surface area contributed by atoms with Gasteiger partial charge in [-0.25, -0.2) is 9.20 Å². The first-order valence-corrected chi connectivity index (χ1v) is 13.3. The van der Waals surface area contributed by atoms with Gasteiger partial charge in [-0.3, -0.25) is 4.79 Å². The van der Waals surface area contributed by atoms with Crippen LogP contribution in [0, 0.1) is 11.3 Å². The molecule has 0 aliphatic carbocycles. The third kappa shape index (κ3) is 6.69. The van der Waals surface area contributed by atoms with E-state index in [0.29, 0.717) is 13.0 Å². The van der Waals surface area contributed by atoms with Gasteiger partial charge in [-0.1, -0.05) is 87.8 Å². The lowest BCUT2D eigenvalue weighted by molar-refractivity contribution is 0.502. The molecule has 4 aromatic rings. The van der Waals surface area contributed by atoms with Crippen molar-refractivity contribution in [3.8, 4) is 28.6 Å². The summed E-state index contributed by atoms with van der Waals surface area (Å²) in [5.41, 5.74) is 4.52. The predicted octanol–water partition coefficient (Wildman–Crippen LogP) is 7.04. The summed E-state index contributed by atoms with van der Waals surface area (Å²) >= 11 is 0. The molecule has 3 aromatic heterocycles. The van der Waals surface area contributed by atoms with Crippen molar-refractivity contribution in [2.24, 2.45) is 0 Å². The largest absolute Gasteiger partial charge is 0.268 e. The number of benzene rings is 1. The number of fused-ring (bicyclic) bond motifs is 1. The minimum Gasteiger partial charge on any atom is -0.268 e. The van der Waals surface area contributed by atoms with Crippen molar-refractivity contribution in [3.63, 3.8) is 0 Å². The Bertz CT molecular complexity index is 1330. The highest BCUT2D eigenvalue weighted by molar-refractivity contribution is 5.90. The molecule has 6 nitrogen and oxygen atoms in total. The SMILES string of the molecule is N#CCCCCCCCCCCCCn1nc(-c2c(-c3ccccc3)nn3ccccc23)ccc1=O. The highest BCUT2D eigenvalue weighted by Crippen LogP contribution is 2.33. The van der Waals surface area contributed by atoms with Crippen LogP contribution in [-0.2, 0) is 6.54 Å². The van der Waals surface area contributed by atoms with Gasteiger partial charge in [0.1, 0.15) is 5.69 Å². The smallest absolute Gasteiger partial charge is 0.266 e. The molecular weight excluding hydrogens is 446 g/mol. The van der Waals surface area contributed by atoms with E-state index >= 15 is 0 Å². The van der Waals surface area contributed by atoms with Gasteiger partial charge in [-0.05, 0) is 31.0 Å². The number of nitriles is 1. The van der Waals surface area contributed by atoms with Gasteiger partial charge in [-0.15, -0.1) is 0 Å². The van der Waals surface area contributed by atoms with Crippen molar-refractivity contribution < 1.29 is 0 Å². The molecule has 0 N–H and O–H groups in total. The van der Waals surface area contributed by atoms with Crippen molar-refractivity contribution >= 4 is 5.52 Å². The number of aryl methyl sites for hydroxylation is 1. The molecule has 0 amide bonds. The van der Waals surface area contributed by atoms with Crippen LogP contribution < -0.4 is 5.56 Å². The molecule has 3 heterocycles. The maximum atomic E-state index is 12.6. The van der Waals surface area contributed by atoms with E-state index in [9.17, 15) is 4.79 Å². The Hall–Kier alpha value is -3.72. The number of unbranched alkanes of at least 4 members (excludes halogenated alkanes) is 10. The summed E-state index contributed by atoms with van der Waals surface area (Å²) in [6, 6.07) is 21.8. The fraction of sp³-hybridized carbons (Fsp3) is 0.400. The zero-order chi connectivity index (χ0) is 25.0. The van der Waals surface area contributed by atoms with E-state index in [0.717, 1.165) is 47.3 Å². The molecule has 0 saturated heterocycles. The molecule has 36 heavy (non-hydrogen) atoms. The summed E-state index contributed by atoms with van der Waals surface area (Å²) in [5.74, 6) is 0. The first-order valence-electron chi connectivity index (χ1n) is 13.3. The maximum Gasteiger partial charge on any atom is 0.266 e. The quantitative estimate of drug-likeness (QED) is 0.181. The molecule has 0 spiro atoms. The van der Waals surface area contributed by atoms with E-state index in [1.165, 1.54) is 44.9 Å². The zero-order valence-corrected chi connectivity index (χ0v) is 21.0. The van der Waals surface area contributed by atoms with E-state index in [-0.39, 0.29) is 5.56 Å². The molecule has 0 bridgehead atoms. The Morgan fingerprint density at radius 1 is 0.722 bits per heavy atom. The van der Waals surface area contributed by atoms with E-state index in [1.54, 1.807) is 10.7 Å². The number of pyridine rings is 1. The number of aromatic nitrogens is 4. The first-order chi connectivity index (χ1) is 17.8. The molecule has 4 rings (SSSR count). The Morgan fingerprint density at radius 2 is 1.39 bits per heavy atom. The van der Waals surface area contributed by atoms with E-state index in [2.05, 4.69) is 18.2 Å². The van der Waals surface area contributed by atoms with Gasteiger partial charge in [0.05, 0.1) is 22.8 Å². The highest BCUT2D eigenvalue weighted by Gasteiger charge is 2.18. The maximum absolute atomic E-state index is 12.6. The highest BCUT2D eigenvalue weighted by atomic mass is 16.1. The minimum absolute atomic E-state index is 0.0621. The van der Waals surface area contributed by atoms with Crippen LogP contribution in [0.1, 0.15) is 70.6 Å². The lowest BCUT2D eigenvalue weighted by atomic mass is 10.0. The van der Waals surface area contributed by atoms with E-state index in [1.807, 2.05) is 53.2 Å². The van der Waals surface area contributed by atoms with Crippen molar-refractivity contribution in [1.82, 2.24) is 19.4 Å². The Kier molecular flexibility index (Phi) is 9.44. The van der Waals surface area contributed by atoms with Crippen LogP contribution in [0.4, 0.5) is 0 Å². The number of hydrogen-bond acceptors (Lipinski definition) is 4. The monoisotopic (exact) mass is 481 g/mol. The van der Waals surface area contributed by atoms with E-state index < -0.39 is 0 Å². The van der Waals surface area contributed by atoms with Gasteiger partial charge in [-0.2, -0.15) is 15.5 Å². The Morgan fingerprint density at radius 3 is 2.11 bits per heavy atom. The molecule has 0 fully saturated rings. The summed E-state index contributed by atoms with van der Waals surface area (Å²) in [6.45, 7) is 0.630. The van der Waals surface area contributed by atoms with Gasteiger partial charge in [0.25, 0.3) is 5.56 Å². The van der Waals surface area contributed by atoms with Gasteiger partial charge >= 0.3 is 0 Å². The fourth-order valence-corrected chi connectivity index (χ4v) is 4.67. The summed E-state index contributed by atoms with van der Waals surface area (Å²) in [5, 5.41) is 18.2. The Balaban J connectivity index is 1.35. The van der Waals surface area contributed by atoms with Gasteiger partial charge in [0.2, 0.25) is 0 Å². The van der Waals surface area contributed by atoms with Crippen LogP contribution in [0.15, 0.2) is 71.7 Å². The van der Waals surface area contributed by atoms with Crippen molar-refractivity contribution in [2.75, 3.05) is 0 Å². The van der Waals surface area contributed by atoms with Crippen LogP contribution in [0.5, 0.6) is 0 Å². The van der Waals surface area contributed by atoms with Crippen molar-refractivity contribution in [2.45, 2.75) is 77.2 Å². The van der Waals surface area contributed by atoms with Crippen molar-refractivity contribution in [3.05, 3.63) is 77.2 Å². The molecule has 0 aliphatic rings. The van der Waals surface area contributed by atoms with Gasteiger partial charge < -0.3 is 0 Å². The molecule has 186 valence electrons. The summed E-state index contributed by atoms with van der Waals surface area (Å²) in [4.78, 5) is 12.6. The van der Waals surface area contributed by atoms with Gasteiger partial charge in [0, 0.05) is 30.8 Å². The normalized spacial score (nSPS) is 11.1. The molecule has 0 atom stereocenters. The second-order valence-corrected chi connectivity index (χ2v) is 9.34. The minimum atomic E-state index is -0.0621. The number of rotatable bonds is 14. The molecule has 0 saturated carbocycles. The van der Waals surface area contributed by atoms with Gasteiger partial charge in [0.15, 0.2) is 0 Å². The average molecular weight is 482 g/mol. The number of hydrogen-bond donors (Lipinski definition) is 0. The van der Waals surface area contributed by atoms with Crippen molar-refractivity contribution in [1.29, 1.82) is 5.26 Å². The standard InChI is InChI=1S/C30H35N5O/c31-22-14-8-6-4-2-1-3-5-7-9-15-24-35-28(36)21-20-26(32-35)29-27-19-13-16-23-34(27)33-30(29)25-17-11-10-12-18-25/h10-13,16-21,23H,1-9,14-15,24H2. The lowest BCUT2D eigenvalue weighted by Crippen LogP contribution is -2.22. The molecule has 0 radical (unpaired) electrons. The molecule has 6 heteroatoms. The number of nitrogens with zero attached hydrogens (tertiary/aromatic N) is 5. The molecule has 0 unspecified atom stereocenters. The molecular formula is C30H35N5O. The summed E-state index contributed by atoms with van der Waals surface area (Å²) in [6.07, 6.45) is 14.4. The summed E-state index contributed by atoms with van der Waals surface area (Å²) < 4.78 is 3.49. The van der Waals surface area contributed by atoms with Crippen LogP contribution >= 0.6 is 0 Å². The summed E-state index contributed by atoms with van der Waals surface area (Å²) in [7, 11) is 0. The third-order valence-corrected chi connectivity index (χ3v) is 6.62. The Labute approximate surface area is 213 Å². The van der Waals surface area contributed by atoms with Crippen LogP contribution in [0.2, 0.25) is 0 Å². The molecule has 0 aliphatic heterocycles. The van der Waals surface area contributed by atoms with Crippen LogP contribution in [0.3, 0.4) is 0 Å². The zero-order valence-electron chi connectivity index (χ0n) is 21.0. The fourth-order valence-electron chi connectivity index (χ4n) is 4.67. The second kappa shape index (κ2) is 13.4. The van der Waals surface area contributed by atoms with Crippen LogP contribution in [-0.4, -0.2) is 19.4 Å². The lowest BCUT2D eigenvalue weighted by Gasteiger charge is -2.08. The first kappa shape index (κ1) is 25.4. The third-order valence-electron chi connectivity index (χ3n) is 6.62. The van der Waals surface area contributed by atoms with Crippen LogP contribution in [0.25, 0.3) is 28.0 Å². The second-order valence-electron chi connectivity index (χ2n) is 9.34. The van der Waals surface area contributed by atoms with E-state index in [4.69, 9.17) is 15.5 Å². The topological polar surface area (TPSA) is 76.0 Å². The molecule has 1 aromatic carbocycles.